The first-order chi connectivity index (χ1) is 13.5. The normalized spacial score (nSPS) is 12.7. The monoisotopic (exact) mass is 379 g/mol. The molecular formula is C23H29N3O2. The van der Waals surface area contributed by atoms with Crippen molar-refractivity contribution in [3.63, 3.8) is 0 Å². The van der Waals surface area contributed by atoms with E-state index < -0.39 is 0 Å². The molecule has 0 spiro atoms. The van der Waals surface area contributed by atoms with Crippen LogP contribution in [-0.2, 0) is 13.1 Å². The van der Waals surface area contributed by atoms with Gasteiger partial charge in [0.2, 0.25) is 0 Å². The number of hydrogen-bond donors (Lipinski definition) is 1. The minimum Gasteiger partial charge on any atom is -0.497 e. The summed E-state index contributed by atoms with van der Waals surface area (Å²) in [4.78, 5) is 11.8. The highest BCUT2D eigenvalue weighted by Gasteiger charge is 2.23. The Morgan fingerprint density at radius 1 is 1.00 bits per heavy atom. The number of aliphatic hydroxyl groups is 1. The van der Waals surface area contributed by atoms with Crippen LogP contribution in [0.15, 0.2) is 48.5 Å². The Morgan fingerprint density at radius 2 is 1.71 bits per heavy atom. The van der Waals surface area contributed by atoms with Gasteiger partial charge in [0.05, 0.1) is 25.8 Å². The number of aliphatic hydroxyl groups excluding tert-OH is 1. The molecule has 0 aliphatic carbocycles. The summed E-state index contributed by atoms with van der Waals surface area (Å²) in [5.74, 6) is 1.93. The molecule has 0 aliphatic heterocycles. The maximum atomic E-state index is 10.0. The zero-order valence-corrected chi connectivity index (χ0v) is 17.1. The van der Waals surface area contributed by atoms with Crippen LogP contribution in [0.4, 0.5) is 0 Å². The second kappa shape index (κ2) is 9.13. The zero-order chi connectivity index (χ0) is 20.1. The molecule has 1 aromatic heterocycles. The summed E-state index contributed by atoms with van der Waals surface area (Å²) in [7, 11) is 1.67. The van der Waals surface area contributed by atoms with Gasteiger partial charge in [0.1, 0.15) is 11.6 Å². The first kappa shape index (κ1) is 20.2. The van der Waals surface area contributed by atoms with Crippen molar-refractivity contribution in [2.75, 3.05) is 13.7 Å². The molecule has 1 N–H and O–H groups in total. The van der Waals surface area contributed by atoms with Crippen molar-refractivity contribution in [1.82, 2.24) is 14.9 Å². The fraction of sp³-hybridized carbons (Fsp3) is 0.391. The molecule has 0 aliphatic rings. The quantitative estimate of drug-likeness (QED) is 0.642. The molecule has 28 heavy (non-hydrogen) atoms. The summed E-state index contributed by atoms with van der Waals surface area (Å²) in [6.07, 6.45) is 0. The Morgan fingerprint density at radius 3 is 2.36 bits per heavy atom. The van der Waals surface area contributed by atoms with Crippen LogP contribution < -0.4 is 4.74 Å². The Labute approximate surface area is 167 Å². The van der Waals surface area contributed by atoms with E-state index in [2.05, 4.69) is 30.9 Å². The predicted molar refractivity (Wildman–Crippen MR) is 112 cm³/mol. The van der Waals surface area contributed by atoms with Gasteiger partial charge in [-0.25, -0.2) is 9.97 Å². The van der Waals surface area contributed by atoms with Crippen molar-refractivity contribution in [3.05, 3.63) is 65.6 Å². The summed E-state index contributed by atoms with van der Waals surface area (Å²) in [6, 6.07) is 16.2. The lowest BCUT2D eigenvalue weighted by Gasteiger charge is -2.33. The number of aryl methyl sites for hydroxylation is 1. The summed E-state index contributed by atoms with van der Waals surface area (Å²) in [5.41, 5.74) is 3.10. The van der Waals surface area contributed by atoms with Gasteiger partial charge in [0, 0.05) is 23.7 Å². The van der Waals surface area contributed by atoms with Crippen molar-refractivity contribution < 1.29 is 9.84 Å². The molecule has 3 aromatic rings. The largest absolute Gasteiger partial charge is 0.497 e. The smallest absolute Gasteiger partial charge is 0.143 e. The fourth-order valence-corrected chi connectivity index (χ4v) is 3.55. The number of nitrogens with zero attached hydrogens (tertiary/aromatic N) is 3. The molecule has 5 heteroatoms. The first-order valence-electron chi connectivity index (χ1n) is 9.72. The predicted octanol–water partition coefficient (Wildman–Crippen LogP) is 3.97. The number of methoxy groups -OCH3 is 1. The van der Waals surface area contributed by atoms with Crippen molar-refractivity contribution >= 4 is 10.9 Å². The molecule has 0 amide bonds. The Hall–Kier alpha value is -2.50. The molecule has 3 rings (SSSR count). The third-order valence-corrected chi connectivity index (χ3v) is 5.15. The summed E-state index contributed by atoms with van der Waals surface area (Å²) in [6.45, 7) is 7.68. The molecule has 0 fully saturated rings. The van der Waals surface area contributed by atoms with E-state index in [0.717, 1.165) is 33.7 Å². The van der Waals surface area contributed by atoms with Gasteiger partial charge in [-0.05, 0) is 36.6 Å². The number of ether oxygens (including phenoxy) is 1. The number of para-hydroxylation sites is 1. The van der Waals surface area contributed by atoms with Crippen LogP contribution in [0.3, 0.4) is 0 Å². The lowest BCUT2D eigenvalue weighted by molar-refractivity contribution is 0.0763. The van der Waals surface area contributed by atoms with E-state index in [4.69, 9.17) is 14.7 Å². The van der Waals surface area contributed by atoms with Crippen LogP contribution >= 0.6 is 0 Å². The van der Waals surface area contributed by atoms with Gasteiger partial charge in [-0.3, -0.25) is 4.90 Å². The van der Waals surface area contributed by atoms with Gasteiger partial charge in [-0.15, -0.1) is 0 Å². The van der Waals surface area contributed by atoms with E-state index in [1.165, 1.54) is 0 Å². The van der Waals surface area contributed by atoms with Gasteiger partial charge >= 0.3 is 0 Å². The Balaban J connectivity index is 1.90. The highest BCUT2D eigenvalue weighted by molar-refractivity contribution is 5.80. The first-order valence-corrected chi connectivity index (χ1v) is 9.72. The summed E-state index contributed by atoms with van der Waals surface area (Å²) in [5, 5.41) is 11.1. The zero-order valence-electron chi connectivity index (χ0n) is 17.1. The molecule has 0 bridgehead atoms. The third kappa shape index (κ3) is 4.66. The fourth-order valence-electron chi connectivity index (χ4n) is 3.55. The second-order valence-electron chi connectivity index (χ2n) is 7.49. The lowest BCUT2D eigenvalue weighted by atomic mass is 10.0. The van der Waals surface area contributed by atoms with Crippen molar-refractivity contribution in [3.8, 4) is 5.75 Å². The standard InChI is InChI=1S/C23H29N3O2/c1-16(2)22(15-27)26(13-18-9-11-19(28-4)12-10-18)14-23-24-17(3)20-7-5-6-8-21(20)25-23/h5-12,16,22,27H,13-15H2,1-4H3/t22-/m1/s1. The van der Waals surface area contributed by atoms with E-state index in [1.807, 2.05) is 43.3 Å². The number of benzene rings is 2. The highest BCUT2D eigenvalue weighted by atomic mass is 16.5. The average Bonchev–Trinajstić information content (AvgIpc) is 2.69. The molecule has 1 atom stereocenters. The van der Waals surface area contributed by atoms with E-state index in [0.29, 0.717) is 19.0 Å². The molecule has 0 radical (unpaired) electrons. The van der Waals surface area contributed by atoms with Crippen LogP contribution in [0.5, 0.6) is 5.75 Å². The minimum atomic E-state index is 0.0254. The SMILES string of the molecule is COc1ccc(CN(Cc2nc(C)c3ccccc3n2)[C@H](CO)C(C)C)cc1. The lowest BCUT2D eigenvalue weighted by Crippen LogP contribution is -2.41. The molecule has 5 nitrogen and oxygen atoms in total. The van der Waals surface area contributed by atoms with E-state index in [1.54, 1.807) is 7.11 Å². The van der Waals surface area contributed by atoms with Crippen molar-refractivity contribution in [2.24, 2.45) is 5.92 Å². The molecule has 2 aromatic carbocycles. The van der Waals surface area contributed by atoms with Gasteiger partial charge in [-0.1, -0.05) is 44.2 Å². The maximum Gasteiger partial charge on any atom is 0.143 e. The molecule has 0 unspecified atom stereocenters. The molecule has 1 heterocycles. The van der Waals surface area contributed by atoms with Gasteiger partial charge < -0.3 is 9.84 Å². The number of fused-ring (bicyclic) bond motifs is 1. The number of aromatic nitrogens is 2. The van der Waals surface area contributed by atoms with Crippen LogP contribution in [0.1, 0.15) is 30.9 Å². The van der Waals surface area contributed by atoms with Crippen LogP contribution in [-0.4, -0.2) is 39.7 Å². The maximum absolute atomic E-state index is 10.0. The van der Waals surface area contributed by atoms with Crippen molar-refractivity contribution in [1.29, 1.82) is 0 Å². The van der Waals surface area contributed by atoms with Crippen LogP contribution in [0, 0.1) is 12.8 Å². The summed E-state index contributed by atoms with van der Waals surface area (Å²) >= 11 is 0. The Kier molecular flexibility index (Phi) is 6.60. The molecule has 0 saturated heterocycles. The van der Waals surface area contributed by atoms with Gasteiger partial charge in [0.15, 0.2) is 0 Å². The molecular weight excluding hydrogens is 350 g/mol. The molecule has 0 saturated carbocycles. The highest BCUT2D eigenvalue weighted by Crippen LogP contribution is 2.21. The van der Waals surface area contributed by atoms with Crippen LogP contribution in [0.2, 0.25) is 0 Å². The van der Waals surface area contributed by atoms with Crippen LogP contribution in [0.25, 0.3) is 10.9 Å². The Bertz CT molecular complexity index is 909. The van der Waals surface area contributed by atoms with Crippen molar-refractivity contribution in [2.45, 2.75) is 39.9 Å². The average molecular weight is 380 g/mol. The second-order valence-corrected chi connectivity index (χ2v) is 7.49. The third-order valence-electron chi connectivity index (χ3n) is 5.15. The van der Waals surface area contributed by atoms with E-state index in [-0.39, 0.29) is 12.6 Å². The van der Waals surface area contributed by atoms with Gasteiger partial charge in [-0.2, -0.15) is 0 Å². The number of hydrogen-bond acceptors (Lipinski definition) is 5. The topological polar surface area (TPSA) is 58.5 Å². The summed E-state index contributed by atoms with van der Waals surface area (Å²) < 4.78 is 5.26. The van der Waals surface area contributed by atoms with Gasteiger partial charge in [0.25, 0.3) is 0 Å². The number of rotatable bonds is 8. The molecule has 148 valence electrons. The van der Waals surface area contributed by atoms with E-state index >= 15 is 0 Å². The minimum absolute atomic E-state index is 0.0254. The van der Waals surface area contributed by atoms with E-state index in [9.17, 15) is 5.11 Å².